The van der Waals surface area contributed by atoms with E-state index < -0.39 is 0 Å². The number of benzene rings is 2. The number of ether oxygens (including phenoxy) is 2. The quantitative estimate of drug-likeness (QED) is 0.515. The molecule has 2 aromatic rings. The van der Waals surface area contributed by atoms with Crippen molar-refractivity contribution in [1.82, 2.24) is 0 Å². The molecule has 0 bridgehead atoms. The third-order valence-corrected chi connectivity index (χ3v) is 3.15. The molecule has 0 unspecified atom stereocenters. The van der Waals surface area contributed by atoms with E-state index in [9.17, 15) is 0 Å². The minimum atomic E-state index is 0.597. The highest BCUT2D eigenvalue weighted by Crippen LogP contribution is 2.25. The maximum atomic E-state index is 5.60. The first-order chi connectivity index (χ1) is 11.8. The van der Waals surface area contributed by atoms with Gasteiger partial charge in [0.15, 0.2) is 0 Å². The van der Waals surface area contributed by atoms with Crippen LogP contribution in [0.1, 0.15) is 12.8 Å². The average Bonchev–Trinajstić information content (AvgIpc) is 2.61. The lowest BCUT2D eigenvalue weighted by Crippen LogP contribution is -2.05. The summed E-state index contributed by atoms with van der Waals surface area (Å²) in [6, 6.07) is 15.0. The van der Waals surface area contributed by atoms with Crippen LogP contribution in [-0.4, -0.2) is 26.3 Å². The topological polar surface area (TPSA) is 95.2 Å². The third kappa shape index (κ3) is 6.36. The van der Waals surface area contributed by atoms with Crippen LogP contribution in [0.25, 0.3) is 0 Å². The Morgan fingerprint density at radius 1 is 0.708 bits per heavy atom. The summed E-state index contributed by atoms with van der Waals surface area (Å²) in [5.41, 5.74) is 12.4. The van der Waals surface area contributed by atoms with E-state index in [1.807, 2.05) is 48.5 Å². The van der Waals surface area contributed by atoms with Crippen LogP contribution >= 0.6 is 0 Å². The van der Waals surface area contributed by atoms with Gasteiger partial charge in [-0.05, 0) is 50.2 Å². The first-order valence-corrected chi connectivity index (χ1v) is 8.09. The molecule has 24 heavy (non-hydrogen) atoms. The van der Waals surface area contributed by atoms with Crippen LogP contribution < -0.4 is 20.9 Å². The minimum absolute atomic E-state index is 0.597. The van der Waals surface area contributed by atoms with Gasteiger partial charge in [0.1, 0.15) is 11.5 Å². The van der Waals surface area contributed by atoms with Gasteiger partial charge in [-0.1, -0.05) is 12.1 Å². The summed E-state index contributed by atoms with van der Waals surface area (Å²) in [6.45, 7) is 2.42. The summed E-state index contributed by atoms with van der Waals surface area (Å²) in [7, 11) is 0. The normalized spacial score (nSPS) is 10.9. The van der Waals surface area contributed by atoms with Gasteiger partial charge in [0.2, 0.25) is 0 Å². The summed E-state index contributed by atoms with van der Waals surface area (Å²) < 4.78 is 11.2. The smallest absolute Gasteiger partial charge is 0.121 e. The molecule has 0 aromatic heterocycles. The molecule has 0 aliphatic rings. The number of hydrogen-bond donors (Lipinski definition) is 2. The Balaban J connectivity index is 1.97. The van der Waals surface area contributed by atoms with Gasteiger partial charge in [0, 0.05) is 12.1 Å². The van der Waals surface area contributed by atoms with E-state index in [-0.39, 0.29) is 0 Å². The van der Waals surface area contributed by atoms with Crippen LogP contribution in [0.5, 0.6) is 11.5 Å². The van der Waals surface area contributed by atoms with Crippen molar-refractivity contribution in [3.05, 3.63) is 48.5 Å². The van der Waals surface area contributed by atoms with Gasteiger partial charge in [-0.25, -0.2) is 0 Å². The molecule has 6 heteroatoms. The van der Waals surface area contributed by atoms with Crippen LogP contribution in [0.4, 0.5) is 11.4 Å². The molecular formula is C18H24N4O2. The molecule has 6 nitrogen and oxygen atoms in total. The van der Waals surface area contributed by atoms with Gasteiger partial charge >= 0.3 is 0 Å². The van der Waals surface area contributed by atoms with Gasteiger partial charge in [0.05, 0.1) is 24.6 Å². The molecule has 0 amide bonds. The van der Waals surface area contributed by atoms with Gasteiger partial charge in [0.25, 0.3) is 0 Å². The van der Waals surface area contributed by atoms with Crippen molar-refractivity contribution in [2.24, 2.45) is 21.7 Å². The van der Waals surface area contributed by atoms with E-state index in [4.69, 9.17) is 20.9 Å². The highest BCUT2D eigenvalue weighted by molar-refractivity contribution is 5.46. The van der Waals surface area contributed by atoms with Gasteiger partial charge in [-0.3, -0.25) is 0 Å². The second kappa shape index (κ2) is 10.4. The molecule has 0 saturated heterocycles. The lowest BCUT2D eigenvalue weighted by atomic mass is 10.3. The maximum Gasteiger partial charge on any atom is 0.121 e. The molecule has 0 fully saturated rings. The Hall–Kier alpha value is -2.44. The maximum absolute atomic E-state index is 5.60. The van der Waals surface area contributed by atoms with Crippen molar-refractivity contribution in [2.75, 3.05) is 26.3 Å². The van der Waals surface area contributed by atoms with Crippen LogP contribution in [0.3, 0.4) is 0 Å². The van der Waals surface area contributed by atoms with Crippen molar-refractivity contribution in [3.63, 3.8) is 0 Å². The fraction of sp³-hybridized carbons (Fsp3) is 0.333. The van der Waals surface area contributed by atoms with E-state index in [1.165, 1.54) is 0 Å². The van der Waals surface area contributed by atoms with Crippen LogP contribution in [0, 0.1) is 0 Å². The summed E-state index contributed by atoms with van der Waals surface area (Å²) in [5.74, 6) is 1.53. The number of nitrogens with zero attached hydrogens (tertiary/aromatic N) is 2. The summed E-state index contributed by atoms with van der Waals surface area (Å²) in [4.78, 5) is 0. The summed E-state index contributed by atoms with van der Waals surface area (Å²) in [6.07, 6.45) is 1.64. The molecule has 128 valence electrons. The Bertz CT molecular complexity index is 591. The van der Waals surface area contributed by atoms with Crippen molar-refractivity contribution in [3.8, 4) is 11.5 Å². The predicted molar refractivity (Wildman–Crippen MR) is 95.4 cm³/mol. The van der Waals surface area contributed by atoms with Gasteiger partial charge < -0.3 is 20.9 Å². The predicted octanol–water partition coefficient (Wildman–Crippen LogP) is 3.56. The molecule has 2 rings (SSSR count). The van der Waals surface area contributed by atoms with E-state index in [0.29, 0.717) is 26.3 Å². The number of azo groups is 1. The van der Waals surface area contributed by atoms with Crippen LogP contribution in [0.15, 0.2) is 58.8 Å². The standard InChI is InChI=1S/C18H24N4O2/c19-9-3-11-23-17-7-1-5-15(13-17)21-22-16-6-2-8-18(14-16)24-12-4-10-20/h1-2,5-8,13-14H,3-4,9-12,19-20H2/b22-21+. The lowest BCUT2D eigenvalue weighted by Gasteiger charge is -2.06. The Morgan fingerprint density at radius 3 is 1.58 bits per heavy atom. The molecule has 0 spiro atoms. The monoisotopic (exact) mass is 328 g/mol. The van der Waals surface area contributed by atoms with Crippen molar-refractivity contribution >= 4 is 11.4 Å². The van der Waals surface area contributed by atoms with Crippen molar-refractivity contribution in [2.45, 2.75) is 12.8 Å². The van der Waals surface area contributed by atoms with Crippen LogP contribution in [-0.2, 0) is 0 Å². The third-order valence-electron chi connectivity index (χ3n) is 3.15. The molecule has 0 heterocycles. The minimum Gasteiger partial charge on any atom is -0.493 e. The van der Waals surface area contributed by atoms with Crippen molar-refractivity contribution in [1.29, 1.82) is 0 Å². The molecule has 0 saturated carbocycles. The Morgan fingerprint density at radius 2 is 1.17 bits per heavy atom. The van der Waals surface area contributed by atoms with Crippen molar-refractivity contribution < 1.29 is 9.47 Å². The molecule has 2 aromatic carbocycles. The van der Waals surface area contributed by atoms with Crippen LogP contribution in [0.2, 0.25) is 0 Å². The summed E-state index contributed by atoms with van der Waals surface area (Å²) in [5, 5.41) is 8.50. The van der Waals surface area contributed by atoms with E-state index >= 15 is 0 Å². The Kier molecular flexibility index (Phi) is 7.73. The SMILES string of the molecule is NCCCOc1cccc(/N=N/c2cccc(OCCCN)c2)c1. The Labute approximate surface area is 142 Å². The van der Waals surface area contributed by atoms with E-state index in [0.717, 1.165) is 35.7 Å². The van der Waals surface area contributed by atoms with Gasteiger partial charge in [-0.2, -0.15) is 10.2 Å². The fourth-order valence-electron chi connectivity index (χ4n) is 1.93. The number of rotatable bonds is 10. The number of hydrogen-bond acceptors (Lipinski definition) is 6. The average molecular weight is 328 g/mol. The first kappa shape index (κ1) is 17.9. The second-order valence-electron chi connectivity index (χ2n) is 5.18. The first-order valence-electron chi connectivity index (χ1n) is 8.09. The number of nitrogens with two attached hydrogens (primary N) is 2. The zero-order chi connectivity index (χ0) is 17.0. The fourth-order valence-corrected chi connectivity index (χ4v) is 1.93. The second-order valence-corrected chi connectivity index (χ2v) is 5.18. The van der Waals surface area contributed by atoms with Gasteiger partial charge in [-0.15, -0.1) is 0 Å². The molecule has 0 aliphatic carbocycles. The molecule has 0 radical (unpaired) electrons. The molecule has 4 N–H and O–H groups in total. The zero-order valence-corrected chi connectivity index (χ0v) is 13.7. The largest absolute Gasteiger partial charge is 0.493 e. The molecule has 0 aliphatic heterocycles. The highest BCUT2D eigenvalue weighted by atomic mass is 16.5. The molecular weight excluding hydrogens is 304 g/mol. The highest BCUT2D eigenvalue weighted by Gasteiger charge is 1.98. The molecule has 0 atom stereocenters. The zero-order valence-electron chi connectivity index (χ0n) is 13.7. The summed E-state index contributed by atoms with van der Waals surface area (Å²) >= 11 is 0. The lowest BCUT2D eigenvalue weighted by molar-refractivity contribution is 0.313. The van der Waals surface area contributed by atoms with E-state index in [1.54, 1.807) is 0 Å². The van der Waals surface area contributed by atoms with E-state index in [2.05, 4.69) is 10.2 Å².